The van der Waals surface area contributed by atoms with Crippen LogP contribution in [0.3, 0.4) is 0 Å². The van der Waals surface area contributed by atoms with Gasteiger partial charge in [0.1, 0.15) is 5.69 Å². The van der Waals surface area contributed by atoms with Crippen molar-refractivity contribution in [2.75, 3.05) is 13.7 Å². The van der Waals surface area contributed by atoms with Gasteiger partial charge in [0, 0.05) is 23.1 Å². The molecule has 0 spiro atoms. The number of fused-ring (bicyclic) bond motifs is 1. The van der Waals surface area contributed by atoms with E-state index < -0.39 is 0 Å². The molecule has 0 unspecified atom stereocenters. The molecular formula is C30H28N2O3. The average molecular weight is 465 g/mol. The van der Waals surface area contributed by atoms with E-state index in [0.717, 1.165) is 45.6 Å². The van der Waals surface area contributed by atoms with E-state index in [9.17, 15) is 4.79 Å². The number of ether oxygens (including phenoxy) is 2. The maximum atomic E-state index is 13.9. The summed E-state index contributed by atoms with van der Waals surface area (Å²) in [4.78, 5) is 13.9. The summed E-state index contributed by atoms with van der Waals surface area (Å²) in [6.45, 7) is 4.66. The van der Waals surface area contributed by atoms with Crippen molar-refractivity contribution in [3.05, 3.63) is 95.7 Å². The Balaban J connectivity index is 1.64. The summed E-state index contributed by atoms with van der Waals surface area (Å²) >= 11 is 0. The van der Waals surface area contributed by atoms with Crippen molar-refractivity contribution < 1.29 is 14.3 Å². The lowest BCUT2D eigenvalue weighted by atomic mass is 9.90. The van der Waals surface area contributed by atoms with E-state index >= 15 is 0 Å². The van der Waals surface area contributed by atoms with Crippen LogP contribution in [0.5, 0.6) is 11.5 Å². The predicted molar refractivity (Wildman–Crippen MR) is 139 cm³/mol. The molecule has 3 aromatic carbocycles. The lowest BCUT2D eigenvalue weighted by Crippen LogP contribution is -2.23. The molecule has 0 N–H and O–H groups in total. The fourth-order valence-corrected chi connectivity index (χ4v) is 4.65. The second kappa shape index (κ2) is 9.63. The first-order chi connectivity index (χ1) is 17.1. The number of carbonyl (C=O) groups excluding carboxylic acids is 1. The standard InChI is InChI=1S/C30H28N2O3/c1-4-17-35-26-19-23(15-16-25(26)34-3)27-20(2)18-24-28(21-11-7-5-8-12-21)29(31-32(24)30(27)33)22-13-9-6-10-14-22/h5-16,19H,4,17-18H2,1-3H3. The number of allylic oxidation sites excluding steroid dienone is 2. The zero-order valence-corrected chi connectivity index (χ0v) is 20.2. The number of carbonyl (C=O) groups is 1. The van der Waals surface area contributed by atoms with Crippen LogP contribution in [0.1, 0.15) is 36.3 Å². The Kier molecular flexibility index (Phi) is 6.23. The molecule has 0 aliphatic carbocycles. The first-order valence-corrected chi connectivity index (χ1v) is 11.9. The number of aromatic nitrogens is 2. The molecule has 1 aliphatic heterocycles. The minimum atomic E-state index is -0.130. The second-order valence-corrected chi connectivity index (χ2v) is 8.67. The van der Waals surface area contributed by atoms with Crippen LogP contribution in [0.15, 0.2) is 84.4 Å². The highest BCUT2D eigenvalue weighted by atomic mass is 16.5. The summed E-state index contributed by atoms with van der Waals surface area (Å²) < 4.78 is 13.0. The lowest BCUT2D eigenvalue weighted by Gasteiger charge is -2.21. The van der Waals surface area contributed by atoms with Gasteiger partial charge in [-0.05, 0) is 36.6 Å². The lowest BCUT2D eigenvalue weighted by molar-refractivity contribution is 0.0958. The van der Waals surface area contributed by atoms with Crippen molar-refractivity contribution in [2.45, 2.75) is 26.7 Å². The quantitative estimate of drug-likeness (QED) is 0.306. The molecule has 0 amide bonds. The summed E-state index contributed by atoms with van der Waals surface area (Å²) in [5.41, 5.74) is 7.24. The second-order valence-electron chi connectivity index (χ2n) is 8.67. The molecule has 0 fully saturated rings. The van der Waals surface area contributed by atoms with Crippen molar-refractivity contribution in [1.82, 2.24) is 9.78 Å². The predicted octanol–water partition coefficient (Wildman–Crippen LogP) is 6.68. The van der Waals surface area contributed by atoms with Crippen molar-refractivity contribution >= 4 is 11.5 Å². The summed E-state index contributed by atoms with van der Waals surface area (Å²) in [6.07, 6.45) is 1.51. The van der Waals surface area contributed by atoms with Gasteiger partial charge in [0.25, 0.3) is 5.91 Å². The monoisotopic (exact) mass is 464 g/mol. The van der Waals surface area contributed by atoms with Gasteiger partial charge in [-0.3, -0.25) is 4.79 Å². The molecule has 5 rings (SSSR count). The fourth-order valence-electron chi connectivity index (χ4n) is 4.65. The van der Waals surface area contributed by atoms with Crippen LogP contribution < -0.4 is 9.47 Å². The largest absolute Gasteiger partial charge is 0.493 e. The van der Waals surface area contributed by atoms with Crippen LogP contribution in [-0.2, 0) is 6.42 Å². The Morgan fingerprint density at radius 1 is 0.886 bits per heavy atom. The van der Waals surface area contributed by atoms with Gasteiger partial charge < -0.3 is 9.47 Å². The van der Waals surface area contributed by atoms with Crippen LogP contribution in [0.2, 0.25) is 0 Å². The highest BCUT2D eigenvalue weighted by Gasteiger charge is 2.31. The van der Waals surface area contributed by atoms with Gasteiger partial charge in [-0.25, -0.2) is 0 Å². The van der Waals surface area contributed by atoms with Gasteiger partial charge >= 0.3 is 0 Å². The molecule has 0 bridgehead atoms. The summed E-state index contributed by atoms with van der Waals surface area (Å²) in [6, 6.07) is 25.9. The van der Waals surface area contributed by atoms with Gasteiger partial charge in [-0.15, -0.1) is 0 Å². The van der Waals surface area contributed by atoms with Crippen LogP contribution in [0.25, 0.3) is 28.0 Å². The summed E-state index contributed by atoms with van der Waals surface area (Å²) in [5, 5.41) is 4.87. The molecule has 0 atom stereocenters. The van der Waals surface area contributed by atoms with Crippen molar-refractivity contribution in [3.63, 3.8) is 0 Å². The highest BCUT2D eigenvalue weighted by molar-refractivity contribution is 6.23. The SMILES string of the molecule is CCCOc1cc(C2=C(C)Cc3c(-c4ccccc4)c(-c4ccccc4)nn3C2=O)ccc1OC. The normalized spacial score (nSPS) is 13.1. The number of benzene rings is 3. The first-order valence-electron chi connectivity index (χ1n) is 11.9. The fraction of sp³-hybridized carbons (Fsp3) is 0.200. The Bertz CT molecular complexity index is 1400. The van der Waals surface area contributed by atoms with E-state index in [4.69, 9.17) is 14.6 Å². The third-order valence-electron chi connectivity index (χ3n) is 6.27. The van der Waals surface area contributed by atoms with Crippen molar-refractivity contribution in [2.24, 2.45) is 0 Å². The Labute approximate surface area is 205 Å². The molecule has 0 saturated carbocycles. The van der Waals surface area contributed by atoms with Crippen LogP contribution in [0.4, 0.5) is 0 Å². The molecule has 0 saturated heterocycles. The zero-order valence-electron chi connectivity index (χ0n) is 20.2. The molecule has 35 heavy (non-hydrogen) atoms. The van der Waals surface area contributed by atoms with Gasteiger partial charge in [0.2, 0.25) is 0 Å². The highest BCUT2D eigenvalue weighted by Crippen LogP contribution is 2.40. The van der Waals surface area contributed by atoms with Gasteiger partial charge in [0.05, 0.1) is 19.4 Å². The zero-order chi connectivity index (χ0) is 24.4. The Morgan fingerprint density at radius 2 is 1.57 bits per heavy atom. The molecule has 5 heteroatoms. The molecular weight excluding hydrogens is 436 g/mol. The number of methoxy groups -OCH3 is 1. The number of rotatable bonds is 7. The van der Waals surface area contributed by atoms with E-state index in [1.807, 2.05) is 73.7 Å². The molecule has 1 aliphatic rings. The van der Waals surface area contributed by atoms with Gasteiger partial charge in [-0.1, -0.05) is 79.2 Å². The van der Waals surface area contributed by atoms with Crippen LogP contribution in [-0.4, -0.2) is 29.4 Å². The van der Waals surface area contributed by atoms with Crippen molar-refractivity contribution in [3.8, 4) is 33.9 Å². The number of hydrogen-bond acceptors (Lipinski definition) is 4. The maximum absolute atomic E-state index is 13.9. The molecule has 4 aromatic rings. The minimum Gasteiger partial charge on any atom is -0.493 e. The van der Waals surface area contributed by atoms with E-state index in [0.29, 0.717) is 30.1 Å². The third-order valence-corrected chi connectivity index (χ3v) is 6.27. The average Bonchev–Trinajstić information content (AvgIpc) is 3.28. The van der Waals surface area contributed by atoms with Crippen LogP contribution in [0, 0.1) is 0 Å². The molecule has 0 radical (unpaired) electrons. The minimum absolute atomic E-state index is 0.130. The third kappa shape index (κ3) is 4.14. The molecule has 1 aromatic heterocycles. The van der Waals surface area contributed by atoms with E-state index in [1.54, 1.807) is 11.8 Å². The number of hydrogen-bond donors (Lipinski definition) is 0. The molecule has 5 nitrogen and oxygen atoms in total. The Hall–Kier alpha value is -4.12. The molecule has 2 heterocycles. The van der Waals surface area contributed by atoms with Crippen LogP contribution >= 0.6 is 0 Å². The maximum Gasteiger partial charge on any atom is 0.279 e. The topological polar surface area (TPSA) is 53.4 Å². The van der Waals surface area contributed by atoms with E-state index in [1.165, 1.54) is 0 Å². The smallest absolute Gasteiger partial charge is 0.279 e. The van der Waals surface area contributed by atoms with E-state index in [-0.39, 0.29) is 5.91 Å². The summed E-state index contributed by atoms with van der Waals surface area (Å²) in [5.74, 6) is 1.16. The van der Waals surface area contributed by atoms with E-state index in [2.05, 4.69) is 19.1 Å². The Morgan fingerprint density at radius 3 is 2.23 bits per heavy atom. The van der Waals surface area contributed by atoms with Gasteiger partial charge in [0.15, 0.2) is 11.5 Å². The van der Waals surface area contributed by atoms with Gasteiger partial charge in [-0.2, -0.15) is 9.78 Å². The van der Waals surface area contributed by atoms with Crippen molar-refractivity contribution in [1.29, 1.82) is 0 Å². The first kappa shape index (κ1) is 22.7. The number of nitrogens with zero attached hydrogens (tertiary/aromatic N) is 2. The summed E-state index contributed by atoms with van der Waals surface area (Å²) in [7, 11) is 1.62. The molecule has 176 valence electrons.